The van der Waals surface area contributed by atoms with Crippen LogP contribution >= 0.6 is 11.3 Å². The summed E-state index contributed by atoms with van der Waals surface area (Å²) in [5.74, 6) is 0.271. The van der Waals surface area contributed by atoms with Gasteiger partial charge >= 0.3 is 0 Å². The van der Waals surface area contributed by atoms with E-state index in [0.29, 0.717) is 23.0 Å². The van der Waals surface area contributed by atoms with Gasteiger partial charge in [0.25, 0.3) is 5.56 Å². The molecule has 6 nitrogen and oxygen atoms in total. The molecular formula is C24H28N4O2S. The molecular weight excluding hydrogens is 408 g/mol. The number of aromatic nitrogens is 2. The Hall–Kier alpha value is -2.51. The highest BCUT2D eigenvalue weighted by atomic mass is 32.1. The van der Waals surface area contributed by atoms with Gasteiger partial charge in [0.1, 0.15) is 0 Å². The van der Waals surface area contributed by atoms with E-state index in [9.17, 15) is 9.59 Å². The second-order valence-corrected chi connectivity index (χ2v) is 9.64. The molecule has 0 unspecified atom stereocenters. The Morgan fingerprint density at radius 3 is 2.87 bits per heavy atom. The number of fused-ring (bicyclic) bond motifs is 2. The van der Waals surface area contributed by atoms with E-state index in [1.165, 1.54) is 12.0 Å². The summed E-state index contributed by atoms with van der Waals surface area (Å²) in [6, 6.07) is 9.92. The Morgan fingerprint density at radius 1 is 1.23 bits per heavy atom. The predicted molar refractivity (Wildman–Crippen MR) is 123 cm³/mol. The standard InChI is InChI=1S/C24H28N4O2S/c1-16(22-19-6-2-3-7-20(19)23(29)26-25-22)24(30)28-10-4-5-18-14-27(11-8-21(18)28)13-17-9-12-31-15-17/h2-3,6-7,9,12,15-16,18,21H,4-5,8,10-11,13-14H2,1H3,(H,26,29)/t16-,18+,21+/m0/s1. The molecule has 0 aliphatic carbocycles. The Bertz CT molecular complexity index is 1130. The summed E-state index contributed by atoms with van der Waals surface area (Å²) < 4.78 is 0. The van der Waals surface area contributed by atoms with Crippen LogP contribution in [0.1, 0.15) is 43.4 Å². The molecule has 0 radical (unpaired) electrons. The molecule has 1 N–H and O–H groups in total. The largest absolute Gasteiger partial charge is 0.339 e. The van der Waals surface area contributed by atoms with Gasteiger partial charge in [-0.2, -0.15) is 16.4 Å². The van der Waals surface area contributed by atoms with Crippen molar-refractivity contribution in [3.8, 4) is 0 Å². The predicted octanol–water partition coefficient (Wildman–Crippen LogP) is 3.60. The van der Waals surface area contributed by atoms with Crippen LogP contribution in [-0.2, 0) is 11.3 Å². The summed E-state index contributed by atoms with van der Waals surface area (Å²) in [6.45, 7) is 5.82. The normalized spacial score (nSPS) is 22.9. The van der Waals surface area contributed by atoms with Crippen LogP contribution in [0.25, 0.3) is 10.8 Å². The number of piperidine rings is 2. The zero-order valence-corrected chi connectivity index (χ0v) is 18.6. The van der Waals surface area contributed by atoms with Gasteiger partial charge < -0.3 is 4.90 Å². The van der Waals surface area contributed by atoms with Gasteiger partial charge in [0.05, 0.1) is 17.0 Å². The van der Waals surface area contributed by atoms with Crippen LogP contribution in [-0.4, -0.2) is 51.6 Å². The third-order valence-electron chi connectivity index (χ3n) is 6.93. The number of benzene rings is 1. The lowest BCUT2D eigenvalue weighted by Crippen LogP contribution is -2.56. The number of likely N-dealkylation sites (tertiary alicyclic amines) is 2. The fourth-order valence-electron chi connectivity index (χ4n) is 5.37. The molecule has 2 fully saturated rings. The van der Waals surface area contributed by atoms with Gasteiger partial charge in [-0.15, -0.1) is 0 Å². The number of thiophene rings is 1. The number of carbonyl (C=O) groups is 1. The highest BCUT2D eigenvalue weighted by Gasteiger charge is 2.39. The van der Waals surface area contributed by atoms with E-state index in [0.717, 1.165) is 44.4 Å². The van der Waals surface area contributed by atoms with E-state index in [2.05, 4.69) is 36.8 Å². The minimum Gasteiger partial charge on any atom is -0.339 e. The number of aromatic amines is 1. The van der Waals surface area contributed by atoms with Gasteiger partial charge in [-0.05, 0) is 60.6 Å². The lowest BCUT2D eigenvalue weighted by molar-refractivity contribution is -0.139. The van der Waals surface area contributed by atoms with Gasteiger partial charge in [-0.1, -0.05) is 18.2 Å². The van der Waals surface area contributed by atoms with E-state index in [4.69, 9.17) is 0 Å². The molecule has 4 heterocycles. The maximum absolute atomic E-state index is 13.6. The molecule has 0 spiro atoms. The molecule has 0 bridgehead atoms. The van der Waals surface area contributed by atoms with Gasteiger partial charge in [0, 0.05) is 37.6 Å². The van der Waals surface area contributed by atoms with Gasteiger partial charge in [0.2, 0.25) is 5.91 Å². The minimum absolute atomic E-state index is 0.130. The molecule has 7 heteroatoms. The van der Waals surface area contributed by atoms with Crippen LogP contribution in [0.3, 0.4) is 0 Å². The molecule has 2 saturated heterocycles. The second kappa shape index (κ2) is 8.55. The summed E-state index contributed by atoms with van der Waals surface area (Å²) >= 11 is 1.75. The molecule has 31 heavy (non-hydrogen) atoms. The number of carbonyl (C=O) groups excluding carboxylic acids is 1. The van der Waals surface area contributed by atoms with Crippen LogP contribution in [0, 0.1) is 5.92 Å². The number of hydrogen-bond acceptors (Lipinski definition) is 5. The number of nitrogens with one attached hydrogen (secondary N) is 1. The van der Waals surface area contributed by atoms with Gasteiger partial charge in [-0.25, -0.2) is 5.10 Å². The Labute approximate surface area is 185 Å². The van der Waals surface area contributed by atoms with Crippen LogP contribution in [0.5, 0.6) is 0 Å². The van der Waals surface area contributed by atoms with Crippen molar-refractivity contribution in [1.29, 1.82) is 0 Å². The van der Waals surface area contributed by atoms with Crippen LogP contribution in [0.2, 0.25) is 0 Å². The van der Waals surface area contributed by atoms with Crippen molar-refractivity contribution in [2.75, 3.05) is 19.6 Å². The highest BCUT2D eigenvalue weighted by molar-refractivity contribution is 7.07. The van der Waals surface area contributed by atoms with E-state index in [1.54, 1.807) is 17.4 Å². The van der Waals surface area contributed by atoms with Gasteiger partial charge in [0.15, 0.2) is 0 Å². The van der Waals surface area contributed by atoms with Crippen molar-refractivity contribution < 1.29 is 4.79 Å². The molecule has 3 atom stereocenters. The zero-order chi connectivity index (χ0) is 21.4. The van der Waals surface area contributed by atoms with Crippen LogP contribution < -0.4 is 5.56 Å². The number of amides is 1. The quantitative estimate of drug-likeness (QED) is 0.679. The van der Waals surface area contributed by atoms with E-state index in [-0.39, 0.29) is 17.4 Å². The van der Waals surface area contributed by atoms with Crippen molar-refractivity contribution in [2.24, 2.45) is 5.92 Å². The molecule has 162 valence electrons. The average Bonchev–Trinajstić information content (AvgIpc) is 3.31. The SMILES string of the molecule is C[C@H](C(=O)N1CCC[C@@H]2CN(Cc3ccsc3)CC[C@H]21)c1n[nH]c(=O)c2ccccc12. The van der Waals surface area contributed by atoms with Crippen LogP contribution in [0.4, 0.5) is 0 Å². The Balaban J connectivity index is 1.34. The monoisotopic (exact) mass is 436 g/mol. The smallest absolute Gasteiger partial charge is 0.272 e. The Morgan fingerprint density at radius 2 is 2.06 bits per heavy atom. The molecule has 1 amide bonds. The van der Waals surface area contributed by atoms with Crippen molar-refractivity contribution in [3.63, 3.8) is 0 Å². The maximum Gasteiger partial charge on any atom is 0.272 e. The number of H-pyrrole nitrogens is 1. The zero-order valence-electron chi connectivity index (χ0n) is 17.8. The fraction of sp³-hybridized carbons (Fsp3) is 0.458. The number of hydrogen-bond donors (Lipinski definition) is 1. The van der Waals surface area contributed by atoms with Gasteiger partial charge in [-0.3, -0.25) is 14.5 Å². The summed E-state index contributed by atoms with van der Waals surface area (Å²) in [7, 11) is 0. The first-order chi connectivity index (χ1) is 15.1. The molecule has 2 aliphatic heterocycles. The lowest BCUT2D eigenvalue weighted by atomic mass is 9.83. The third kappa shape index (κ3) is 3.92. The third-order valence-corrected chi connectivity index (χ3v) is 7.66. The summed E-state index contributed by atoms with van der Waals surface area (Å²) in [5.41, 5.74) is 1.84. The fourth-order valence-corrected chi connectivity index (χ4v) is 6.03. The first-order valence-corrected chi connectivity index (χ1v) is 12.1. The van der Waals surface area contributed by atoms with Crippen molar-refractivity contribution in [2.45, 2.75) is 44.7 Å². The number of rotatable bonds is 4. The summed E-state index contributed by atoms with van der Waals surface area (Å²) in [6.07, 6.45) is 3.25. The van der Waals surface area contributed by atoms with Crippen molar-refractivity contribution in [1.82, 2.24) is 20.0 Å². The van der Waals surface area contributed by atoms with Crippen molar-refractivity contribution in [3.05, 3.63) is 62.7 Å². The van der Waals surface area contributed by atoms with E-state index < -0.39 is 0 Å². The maximum atomic E-state index is 13.6. The summed E-state index contributed by atoms with van der Waals surface area (Å²) in [4.78, 5) is 30.4. The second-order valence-electron chi connectivity index (χ2n) is 8.86. The van der Waals surface area contributed by atoms with E-state index in [1.807, 2.05) is 25.1 Å². The Kier molecular flexibility index (Phi) is 5.63. The average molecular weight is 437 g/mol. The molecule has 3 aromatic rings. The molecule has 5 rings (SSSR count). The first-order valence-electron chi connectivity index (χ1n) is 11.1. The summed E-state index contributed by atoms with van der Waals surface area (Å²) in [5, 5.41) is 12.6. The highest BCUT2D eigenvalue weighted by Crippen LogP contribution is 2.34. The first kappa shape index (κ1) is 20.4. The lowest BCUT2D eigenvalue weighted by Gasteiger charge is -2.48. The molecule has 0 saturated carbocycles. The molecule has 2 aliphatic rings. The van der Waals surface area contributed by atoms with E-state index >= 15 is 0 Å². The topological polar surface area (TPSA) is 69.3 Å². The van der Waals surface area contributed by atoms with Crippen LogP contribution in [0.15, 0.2) is 45.9 Å². The minimum atomic E-state index is -0.385. The van der Waals surface area contributed by atoms with Crippen molar-refractivity contribution >= 4 is 28.0 Å². The molecule has 2 aromatic heterocycles. The number of nitrogens with zero attached hydrogens (tertiary/aromatic N) is 3. The molecule has 1 aromatic carbocycles.